The first-order valence-corrected chi connectivity index (χ1v) is 3.37. The number of nitrogens with two attached hydrogens (primary N) is 2. The van der Waals surface area contributed by atoms with E-state index in [9.17, 15) is 4.79 Å². The van der Waals surface area contributed by atoms with Crippen molar-refractivity contribution < 1.29 is 9.90 Å². The molecule has 0 amide bonds. The summed E-state index contributed by atoms with van der Waals surface area (Å²) in [6.07, 6.45) is 2.16. The Morgan fingerprint density at radius 3 is 2.36 bits per heavy atom. The zero-order chi connectivity index (χ0) is 7.98. The molecule has 0 aromatic rings. The van der Waals surface area contributed by atoms with Crippen molar-refractivity contribution >= 4 is 35.5 Å². The van der Waals surface area contributed by atoms with E-state index in [1.165, 1.54) is 0 Å². The Kier molecular flexibility index (Phi) is 10.8. The van der Waals surface area contributed by atoms with Gasteiger partial charge in [0, 0.05) is 29.6 Å². The molecular weight excluding hydrogens is 155 g/mol. The maximum absolute atomic E-state index is 10.1. The Morgan fingerprint density at radius 2 is 2.00 bits per heavy atom. The Balaban J connectivity index is 0. The van der Waals surface area contributed by atoms with Gasteiger partial charge in [0.15, 0.2) is 0 Å². The second kappa shape index (κ2) is 8.49. The molecule has 1 atom stereocenters. The van der Waals surface area contributed by atoms with Gasteiger partial charge in [0.2, 0.25) is 0 Å². The van der Waals surface area contributed by atoms with Crippen molar-refractivity contribution in [1.29, 1.82) is 0 Å². The summed E-state index contributed by atoms with van der Waals surface area (Å²) < 4.78 is 0. The number of hydrogen-bond acceptors (Lipinski definition) is 3. The number of aliphatic carboxylic acids is 1. The topological polar surface area (TPSA) is 89.3 Å². The molecule has 0 aliphatic heterocycles. The van der Waals surface area contributed by atoms with Crippen molar-refractivity contribution in [3.63, 3.8) is 0 Å². The van der Waals surface area contributed by atoms with E-state index in [4.69, 9.17) is 16.6 Å². The van der Waals surface area contributed by atoms with E-state index >= 15 is 0 Å². The molecule has 0 aliphatic rings. The molecule has 0 aliphatic carbocycles. The summed E-state index contributed by atoms with van der Waals surface area (Å²) in [6.45, 7) is 0.604. The minimum absolute atomic E-state index is 0. The molecule has 0 saturated heterocycles. The molecular formula is C6H14N2NaO2. The molecule has 0 spiro atoms. The van der Waals surface area contributed by atoms with E-state index in [-0.39, 0.29) is 29.6 Å². The fourth-order valence-electron chi connectivity index (χ4n) is 0.632. The Morgan fingerprint density at radius 1 is 1.45 bits per heavy atom. The Hall–Kier alpha value is 0.390. The number of carboxylic acids is 1. The van der Waals surface area contributed by atoms with Gasteiger partial charge < -0.3 is 16.6 Å². The Labute approximate surface area is 88.6 Å². The fourth-order valence-corrected chi connectivity index (χ4v) is 0.632. The van der Waals surface area contributed by atoms with E-state index in [0.29, 0.717) is 13.0 Å². The standard InChI is InChI=1S/C6H14N2O2.Na/c7-4-2-1-3-5(8)6(9)10;/h5H,1-4,7-8H2,(H,9,10);/t5-;/m0./s1. The average molecular weight is 169 g/mol. The second-order valence-electron chi connectivity index (χ2n) is 2.23. The van der Waals surface area contributed by atoms with Gasteiger partial charge in [0.05, 0.1) is 0 Å². The van der Waals surface area contributed by atoms with Crippen LogP contribution in [0.25, 0.3) is 0 Å². The van der Waals surface area contributed by atoms with Gasteiger partial charge in [-0.3, -0.25) is 4.79 Å². The summed E-state index contributed by atoms with van der Waals surface area (Å²) in [5.41, 5.74) is 10.4. The van der Waals surface area contributed by atoms with Gasteiger partial charge in [0.25, 0.3) is 0 Å². The third kappa shape index (κ3) is 8.29. The largest absolute Gasteiger partial charge is 0.480 e. The van der Waals surface area contributed by atoms with Crippen molar-refractivity contribution in [2.45, 2.75) is 25.3 Å². The van der Waals surface area contributed by atoms with Crippen molar-refractivity contribution in [2.75, 3.05) is 6.54 Å². The molecule has 0 aromatic carbocycles. The van der Waals surface area contributed by atoms with Gasteiger partial charge in [-0.1, -0.05) is 6.42 Å². The number of hydrogen-bond donors (Lipinski definition) is 3. The van der Waals surface area contributed by atoms with Crippen LogP contribution in [0, 0.1) is 0 Å². The quantitative estimate of drug-likeness (QED) is 0.369. The molecule has 1 radical (unpaired) electrons. The average Bonchev–Trinajstić information content (AvgIpc) is 1.88. The van der Waals surface area contributed by atoms with Crippen LogP contribution in [0.15, 0.2) is 0 Å². The van der Waals surface area contributed by atoms with Crippen LogP contribution in [0.1, 0.15) is 19.3 Å². The summed E-state index contributed by atoms with van der Waals surface area (Å²) in [5, 5.41) is 8.33. The summed E-state index contributed by atoms with van der Waals surface area (Å²) in [5.74, 6) is -0.933. The summed E-state index contributed by atoms with van der Waals surface area (Å²) in [4.78, 5) is 10.1. The number of carboxylic acid groups (broad SMARTS) is 1. The molecule has 4 nitrogen and oxygen atoms in total. The smallest absolute Gasteiger partial charge is 0.320 e. The molecule has 0 fully saturated rings. The zero-order valence-corrected chi connectivity index (χ0v) is 8.92. The van der Waals surface area contributed by atoms with Crippen LogP contribution in [0.2, 0.25) is 0 Å². The van der Waals surface area contributed by atoms with Crippen LogP contribution in [-0.2, 0) is 4.79 Å². The normalized spacial score (nSPS) is 11.8. The van der Waals surface area contributed by atoms with Gasteiger partial charge in [-0.25, -0.2) is 0 Å². The van der Waals surface area contributed by atoms with Crippen molar-refractivity contribution in [2.24, 2.45) is 11.5 Å². The Bertz CT molecular complexity index is 111. The minimum Gasteiger partial charge on any atom is -0.480 e. The molecule has 0 rings (SSSR count). The van der Waals surface area contributed by atoms with E-state index in [2.05, 4.69) is 0 Å². The third-order valence-electron chi connectivity index (χ3n) is 1.29. The molecule has 0 bridgehead atoms. The summed E-state index contributed by atoms with van der Waals surface area (Å²) in [7, 11) is 0. The minimum atomic E-state index is -0.933. The van der Waals surface area contributed by atoms with Gasteiger partial charge in [0.1, 0.15) is 6.04 Å². The number of unbranched alkanes of at least 4 members (excludes halogenated alkanes) is 1. The van der Waals surface area contributed by atoms with Crippen LogP contribution in [0.5, 0.6) is 0 Å². The molecule has 0 heterocycles. The second-order valence-corrected chi connectivity index (χ2v) is 2.23. The molecule has 0 unspecified atom stereocenters. The van der Waals surface area contributed by atoms with Crippen molar-refractivity contribution in [3.8, 4) is 0 Å². The first-order valence-electron chi connectivity index (χ1n) is 3.37. The fraction of sp³-hybridized carbons (Fsp3) is 0.833. The van der Waals surface area contributed by atoms with Crippen molar-refractivity contribution in [3.05, 3.63) is 0 Å². The monoisotopic (exact) mass is 169 g/mol. The van der Waals surface area contributed by atoms with Gasteiger partial charge in [-0.05, 0) is 19.4 Å². The number of rotatable bonds is 5. The van der Waals surface area contributed by atoms with Gasteiger partial charge in [-0.15, -0.1) is 0 Å². The van der Waals surface area contributed by atoms with E-state index in [0.717, 1.165) is 12.8 Å². The molecule has 0 aromatic heterocycles. The predicted octanol–water partition coefficient (Wildman–Crippen LogP) is -0.853. The van der Waals surface area contributed by atoms with E-state index in [1.54, 1.807) is 0 Å². The maximum atomic E-state index is 10.1. The molecule has 5 heteroatoms. The summed E-state index contributed by atoms with van der Waals surface area (Å²) in [6, 6.07) is -0.716. The molecule has 11 heavy (non-hydrogen) atoms. The molecule has 0 saturated carbocycles. The van der Waals surface area contributed by atoms with E-state index < -0.39 is 12.0 Å². The zero-order valence-electron chi connectivity index (χ0n) is 6.92. The van der Waals surface area contributed by atoms with Gasteiger partial charge in [-0.2, -0.15) is 0 Å². The first-order chi connectivity index (χ1) is 4.68. The van der Waals surface area contributed by atoms with Crippen LogP contribution in [0.4, 0.5) is 0 Å². The first kappa shape index (κ1) is 13.9. The van der Waals surface area contributed by atoms with Crippen LogP contribution >= 0.6 is 0 Å². The molecule has 5 N–H and O–H groups in total. The maximum Gasteiger partial charge on any atom is 0.320 e. The SMILES string of the molecule is NCCCC[C@H](N)C(=O)O.[Na]. The van der Waals surface area contributed by atoms with E-state index in [1.807, 2.05) is 0 Å². The van der Waals surface area contributed by atoms with Crippen LogP contribution in [-0.4, -0.2) is 53.2 Å². The number of carbonyl (C=O) groups is 1. The van der Waals surface area contributed by atoms with Gasteiger partial charge >= 0.3 is 5.97 Å². The summed E-state index contributed by atoms with van der Waals surface area (Å²) >= 11 is 0. The third-order valence-corrected chi connectivity index (χ3v) is 1.29. The van der Waals surface area contributed by atoms with Crippen LogP contribution < -0.4 is 11.5 Å². The predicted molar refractivity (Wildman–Crippen MR) is 44.3 cm³/mol. The molecule has 61 valence electrons. The van der Waals surface area contributed by atoms with Crippen molar-refractivity contribution in [1.82, 2.24) is 0 Å². The van der Waals surface area contributed by atoms with Crippen LogP contribution in [0.3, 0.4) is 0 Å².